The van der Waals surface area contributed by atoms with Crippen molar-refractivity contribution >= 4 is 14.9 Å². The SMILES string of the molecule is CCC(=O)N[Si](OC)(OC)OC. The van der Waals surface area contributed by atoms with Crippen LogP contribution in [-0.4, -0.2) is 36.2 Å². The Hall–Kier alpha value is -0.433. The molecular formula is C6H15NO4Si. The van der Waals surface area contributed by atoms with Crippen molar-refractivity contribution in [2.24, 2.45) is 0 Å². The van der Waals surface area contributed by atoms with E-state index in [9.17, 15) is 4.79 Å². The molecule has 72 valence electrons. The molecule has 0 unspecified atom stereocenters. The van der Waals surface area contributed by atoms with Crippen molar-refractivity contribution in [1.29, 1.82) is 0 Å². The van der Waals surface area contributed by atoms with Gasteiger partial charge in [-0.25, -0.2) is 0 Å². The van der Waals surface area contributed by atoms with Crippen LogP contribution >= 0.6 is 0 Å². The first-order valence-corrected chi connectivity index (χ1v) is 5.33. The van der Waals surface area contributed by atoms with Gasteiger partial charge in [0.2, 0.25) is 5.91 Å². The Balaban J connectivity index is 4.19. The normalized spacial score (nSPS) is 11.3. The number of hydrogen-bond acceptors (Lipinski definition) is 4. The van der Waals surface area contributed by atoms with Crippen molar-refractivity contribution < 1.29 is 18.1 Å². The van der Waals surface area contributed by atoms with Crippen LogP contribution in [0.5, 0.6) is 0 Å². The number of nitrogens with one attached hydrogen (secondary N) is 1. The third-order valence-electron chi connectivity index (χ3n) is 1.42. The van der Waals surface area contributed by atoms with Gasteiger partial charge in [0.25, 0.3) is 0 Å². The molecule has 0 radical (unpaired) electrons. The van der Waals surface area contributed by atoms with Crippen molar-refractivity contribution in [3.63, 3.8) is 0 Å². The summed E-state index contributed by atoms with van der Waals surface area (Å²) in [6, 6.07) is 0. The van der Waals surface area contributed by atoms with E-state index in [-0.39, 0.29) is 5.91 Å². The number of amides is 1. The van der Waals surface area contributed by atoms with E-state index in [0.29, 0.717) is 6.42 Å². The summed E-state index contributed by atoms with van der Waals surface area (Å²) < 4.78 is 14.9. The maximum atomic E-state index is 11.0. The molecule has 0 fully saturated rings. The summed E-state index contributed by atoms with van der Waals surface area (Å²) in [5, 5.41) is 0. The van der Waals surface area contributed by atoms with Crippen LogP contribution in [0.2, 0.25) is 0 Å². The summed E-state index contributed by atoms with van der Waals surface area (Å²) in [4.78, 5) is 13.6. The van der Waals surface area contributed by atoms with Gasteiger partial charge in [0.05, 0.1) is 0 Å². The fraction of sp³-hybridized carbons (Fsp3) is 0.833. The Morgan fingerprint density at radius 2 is 1.67 bits per heavy atom. The maximum Gasteiger partial charge on any atom is 0.632 e. The zero-order valence-electron chi connectivity index (χ0n) is 7.84. The van der Waals surface area contributed by atoms with Gasteiger partial charge in [-0.3, -0.25) is 4.79 Å². The standard InChI is InChI=1S/C6H15NO4Si/c1-5-6(8)7-12(9-2,10-3)11-4/h5H2,1-4H3,(H,7,8). The van der Waals surface area contributed by atoms with E-state index >= 15 is 0 Å². The monoisotopic (exact) mass is 193 g/mol. The molecule has 0 aliphatic heterocycles. The van der Waals surface area contributed by atoms with E-state index in [1.807, 2.05) is 0 Å². The fourth-order valence-corrected chi connectivity index (χ4v) is 1.99. The van der Waals surface area contributed by atoms with Crippen LogP contribution in [0.15, 0.2) is 0 Å². The average molecular weight is 193 g/mol. The van der Waals surface area contributed by atoms with E-state index in [1.54, 1.807) is 6.92 Å². The summed E-state index contributed by atoms with van der Waals surface area (Å²) in [5.41, 5.74) is 0. The quantitative estimate of drug-likeness (QED) is 0.619. The fourth-order valence-electron chi connectivity index (χ4n) is 0.662. The third kappa shape index (κ3) is 2.90. The predicted molar refractivity (Wildman–Crippen MR) is 45.2 cm³/mol. The Kier molecular flexibility index (Phi) is 5.06. The summed E-state index contributed by atoms with van der Waals surface area (Å²) in [6.45, 7) is 1.75. The molecule has 12 heavy (non-hydrogen) atoms. The molecule has 0 aromatic carbocycles. The molecule has 0 rings (SSSR count). The molecule has 5 nitrogen and oxygen atoms in total. The molecule has 0 saturated heterocycles. The summed E-state index contributed by atoms with van der Waals surface area (Å²) in [6.07, 6.45) is 0.380. The second-order valence-electron chi connectivity index (χ2n) is 2.07. The molecule has 0 atom stereocenters. The number of carbonyl (C=O) groups excluding carboxylic acids is 1. The van der Waals surface area contributed by atoms with Gasteiger partial charge in [0, 0.05) is 27.8 Å². The largest absolute Gasteiger partial charge is 0.632 e. The molecule has 0 saturated carbocycles. The van der Waals surface area contributed by atoms with Crippen molar-refractivity contribution in [2.75, 3.05) is 21.3 Å². The predicted octanol–water partition coefficient (Wildman–Crippen LogP) is -0.113. The molecule has 0 heterocycles. The van der Waals surface area contributed by atoms with Crippen LogP contribution in [0.4, 0.5) is 0 Å². The molecular weight excluding hydrogens is 178 g/mol. The lowest BCUT2D eigenvalue weighted by molar-refractivity contribution is -0.120. The highest BCUT2D eigenvalue weighted by atomic mass is 28.4. The van der Waals surface area contributed by atoms with Gasteiger partial charge in [-0.2, -0.15) is 0 Å². The van der Waals surface area contributed by atoms with Crippen LogP contribution in [0.1, 0.15) is 13.3 Å². The van der Waals surface area contributed by atoms with Crippen molar-refractivity contribution in [2.45, 2.75) is 13.3 Å². The Morgan fingerprint density at radius 3 is 1.92 bits per heavy atom. The van der Waals surface area contributed by atoms with Crippen LogP contribution in [0.25, 0.3) is 0 Å². The molecule has 0 bridgehead atoms. The minimum absolute atomic E-state index is 0.146. The molecule has 0 aliphatic rings. The Labute approximate surface area is 73.4 Å². The topological polar surface area (TPSA) is 56.8 Å². The first-order valence-electron chi connectivity index (χ1n) is 3.60. The highest BCUT2D eigenvalue weighted by Gasteiger charge is 2.41. The molecule has 1 amide bonds. The van der Waals surface area contributed by atoms with Crippen LogP contribution < -0.4 is 4.98 Å². The van der Waals surface area contributed by atoms with Gasteiger partial charge in [0.1, 0.15) is 0 Å². The highest BCUT2D eigenvalue weighted by molar-refractivity contribution is 6.60. The van der Waals surface area contributed by atoms with E-state index in [4.69, 9.17) is 13.3 Å². The number of rotatable bonds is 5. The summed E-state index contributed by atoms with van der Waals surface area (Å²) in [5.74, 6) is -0.146. The summed E-state index contributed by atoms with van der Waals surface area (Å²) in [7, 11) is 1.42. The lowest BCUT2D eigenvalue weighted by atomic mass is 10.5. The lowest BCUT2D eigenvalue weighted by Crippen LogP contribution is -2.59. The zero-order chi connectivity index (χ0) is 9.61. The first kappa shape index (κ1) is 11.6. The molecule has 0 aromatic rings. The van der Waals surface area contributed by atoms with Crippen LogP contribution in [-0.2, 0) is 18.1 Å². The summed E-state index contributed by atoms with van der Waals surface area (Å²) >= 11 is 0. The zero-order valence-corrected chi connectivity index (χ0v) is 8.84. The molecule has 0 aromatic heterocycles. The minimum atomic E-state index is -2.90. The second kappa shape index (κ2) is 5.25. The van der Waals surface area contributed by atoms with Crippen molar-refractivity contribution in [1.82, 2.24) is 4.98 Å². The number of hydrogen-bond donors (Lipinski definition) is 1. The Bertz CT molecular complexity index is 140. The second-order valence-corrected chi connectivity index (χ2v) is 4.66. The maximum absolute atomic E-state index is 11.0. The van der Waals surface area contributed by atoms with Gasteiger partial charge >= 0.3 is 8.97 Å². The molecule has 1 N–H and O–H groups in total. The highest BCUT2D eigenvalue weighted by Crippen LogP contribution is 2.00. The minimum Gasteiger partial charge on any atom is -0.360 e. The van der Waals surface area contributed by atoms with E-state index in [0.717, 1.165) is 0 Å². The molecule has 6 heteroatoms. The van der Waals surface area contributed by atoms with Crippen LogP contribution in [0, 0.1) is 0 Å². The average Bonchev–Trinajstić information content (AvgIpc) is 2.14. The van der Waals surface area contributed by atoms with E-state index < -0.39 is 8.97 Å². The van der Waals surface area contributed by atoms with E-state index in [2.05, 4.69) is 4.98 Å². The molecule has 0 aliphatic carbocycles. The van der Waals surface area contributed by atoms with Crippen molar-refractivity contribution in [3.8, 4) is 0 Å². The first-order chi connectivity index (χ1) is 5.64. The van der Waals surface area contributed by atoms with Gasteiger partial charge in [-0.15, -0.1) is 0 Å². The third-order valence-corrected chi connectivity index (χ3v) is 3.62. The lowest BCUT2D eigenvalue weighted by Gasteiger charge is -2.23. The molecule has 0 spiro atoms. The van der Waals surface area contributed by atoms with Crippen molar-refractivity contribution in [3.05, 3.63) is 0 Å². The Morgan fingerprint density at radius 1 is 1.25 bits per heavy atom. The van der Waals surface area contributed by atoms with Gasteiger partial charge in [-0.05, 0) is 0 Å². The van der Waals surface area contributed by atoms with Gasteiger partial charge in [-0.1, -0.05) is 6.92 Å². The smallest absolute Gasteiger partial charge is 0.360 e. The van der Waals surface area contributed by atoms with Gasteiger partial charge < -0.3 is 18.3 Å². The number of carbonyl (C=O) groups is 1. The van der Waals surface area contributed by atoms with Crippen LogP contribution in [0.3, 0.4) is 0 Å². The van der Waals surface area contributed by atoms with E-state index in [1.165, 1.54) is 21.3 Å². The van der Waals surface area contributed by atoms with Gasteiger partial charge in [0.15, 0.2) is 0 Å².